The van der Waals surface area contributed by atoms with Gasteiger partial charge in [-0.1, -0.05) is 35.0 Å². The SMILES string of the molecule is CSc1nc(Nc2cc(Cl)ccc2[N+](=O)[O-])n(-c2ccc(Cl)cc2[N+](=O)[O-])n1. The molecule has 0 saturated heterocycles. The molecule has 1 N–H and O–H groups in total. The molecule has 0 amide bonds. The third-order valence-electron chi connectivity index (χ3n) is 3.53. The standard InChI is InChI=1S/C15H10Cl2N6O4S/c1-28-15-19-14(18-10-6-8(16)2-4-11(10)22(24)25)21(20-15)12-5-3-9(17)7-13(12)23(26)27/h2-7H,1H3,(H,18,19,20). The third-order valence-corrected chi connectivity index (χ3v) is 4.54. The highest BCUT2D eigenvalue weighted by atomic mass is 35.5. The van der Waals surface area contributed by atoms with Crippen LogP contribution in [-0.2, 0) is 0 Å². The topological polar surface area (TPSA) is 129 Å². The molecule has 0 aliphatic carbocycles. The minimum atomic E-state index is -0.604. The summed E-state index contributed by atoms with van der Waals surface area (Å²) < 4.78 is 1.19. The van der Waals surface area contributed by atoms with Gasteiger partial charge in [0.1, 0.15) is 11.4 Å². The van der Waals surface area contributed by atoms with Crippen LogP contribution in [0.25, 0.3) is 5.69 Å². The maximum Gasteiger partial charge on any atom is 0.296 e. The second-order valence-corrected chi connectivity index (χ2v) is 6.91. The van der Waals surface area contributed by atoms with Gasteiger partial charge in [-0.3, -0.25) is 20.2 Å². The molecule has 0 aliphatic rings. The van der Waals surface area contributed by atoms with Gasteiger partial charge in [0.05, 0.1) is 9.85 Å². The number of thioether (sulfide) groups is 1. The van der Waals surface area contributed by atoms with Gasteiger partial charge in [-0.25, -0.2) is 0 Å². The van der Waals surface area contributed by atoms with Crippen molar-refractivity contribution in [2.24, 2.45) is 0 Å². The number of hydrogen-bond donors (Lipinski definition) is 1. The predicted octanol–water partition coefficient (Wildman–Crippen LogP) is 4.86. The quantitative estimate of drug-likeness (QED) is 0.326. The van der Waals surface area contributed by atoms with E-state index < -0.39 is 9.85 Å². The lowest BCUT2D eigenvalue weighted by Crippen LogP contribution is -2.07. The van der Waals surface area contributed by atoms with E-state index in [4.69, 9.17) is 23.2 Å². The Labute approximate surface area is 171 Å². The summed E-state index contributed by atoms with van der Waals surface area (Å²) in [6.07, 6.45) is 1.72. The molecule has 28 heavy (non-hydrogen) atoms. The Kier molecular flexibility index (Phi) is 5.68. The molecule has 13 heteroatoms. The summed E-state index contributed by atoms with van der Waals surface area (Å²) in [7, 11) is 0. The fraction of sp³-hybridized carbons (Fsp3) is 0.0667. The summed E-state index contributed by atoms with van der Waals surface area (Å²) in [4.78, 5) is 25.8. The van der Waals surface area contributed by atoms with E-state index in [0.717, 1.165) is 0 Å². The normalized spacial score (nSPS) is 10.7. The van der Waals surface area contributed by atoms with Crippen molar-refractivity contribution in [2.75, 3.05) is 11.6 Å². The van der Waals surface area contributed by atoms with Crippen molar-refractivity contribution in [3.8, 4) is 5.69 Å². The highest BCUT2D eigenvalue weighted by Gasteiger charge is 2.23. The van der Waals surface area contributed by atoms with E-state index >= 15 is 0 Å². The van der Waals surface area contributed by atoms with Gasteiger partial charge in [0.15, 0.2) is 0 Å². The van der Waals surface area contributed by atoms with E-state index in [0.29, 0.717) is 5.16 Å². The van der Waals surface area contributed by atoms with Crippen molar-refractivity contribution in [3.63, 3.8) is 0 Å². The molecule has 0 radical (unpaired) electrons. The van der Waals surface area contributed by atoms with Crippen LogP contribution in [0.4, 0.5) is 23.0 Å². The van der Waals surface area contributed by atoms with Crippen LogP contribution in [-0.4, -0.2) is 30.9 Å². The van der Waals surface area contributed by atoms with Gasteiger partial charge >= 0.3 is 0 Å². The number of nitrogens with zero attached hydrogens (tertiary/aromatic N) is 5. The molecule has 144 valence electrons. The van der Waals surface area contributed by atoms with Crippen LogP contribution in [0, 0.1) is 20.2 Å². The number of anilines is 2. The molecule has 3 aromatic rings. The highest BCUT2D eigenvalue weighted by molar-refractivity contribution is 7.98. The Bertz CT molecular complexity index is 1090. The molecular formula is C15H10Cl2N6O4S. The third kappa shape index (κ3) is 4.01. The number of rotatable bonds is 6. The number of nitro benzene ring substituents is 2. The van der Waals surface area contributed by atoms with Crippen LogP contribution in [0.15, 0.2) is 41.6 Å². The molecule has 2 aromatic carbocycles. The highest BCUT2D eigenvalue weighted by Crippen LogP contribution is 2.33. The summed E-state index contributed by atoms with van der Waals surface area (Å²) in [6.45, 7) is 0. The van der Waals surface area contributed by atoms with Crippen LogP contribution in [0.5, 0.6) is 0 Å². The largest absolute Gasteiger partial charge is 0.318 e. The van der Waals surface area contributed by atoms with Gasteiger partial charge in [0.2, 0.25) is 11.1 Å². The molecule has 0 bridgehead atoms. The fourth-order valence-corrected chi connectivity index (χ4v) is 3.02. The van der Waals surface area contributed by atoms with Crippen molar-refractivity contribution in [1.82, 2.24) is 14.8 Å². The molecule has 0 aliphatic heterocycles. The zero-order valence-corrected chi connectivity index (χ0v) is 16.3. The van der Waals surface area contributed by atoms with E-state index in [1.54, 1.807) is 6.26 Å². The first-order valence-electron chi connectivity index (χ1n) is 7.46. The summed E-state index contributed by atoms with van der Waals surface area (Å²) in [5.74, 6) is 0.0418. The molecule has 0 saturated carbocycles. The molecule has 0 unspecified atom stereocenters. The summed E-state index contributed by atoms with van der Waals surface area (Å²) in [6, 6.07) is 8.04. The lowest BCUT2D eigenvalue weighted by atomic mass is 10.2. The number of nitro groups is 2. The van der Waals surface area contributed by atoms with Gasteiger partial charge in [-0.2, -0.15) is 9.67 Å². The van der Waals surface area contributed by atoms with Crippen molar-refractivity contribution in [2.45, 2.75) is 5.16 Å². The molecule has 0 atom stereocenters. The predicted molar refractivity (Wildman–Crippen MR) is 106 cm³/mol. The first-order valence-corrected chi connectivity index (χ1v) is 9.44. The van der Waals surface area contributed by atoms with E-state index in [-0.39, 0.29) is 38.7 Å². The lowest BCUT2D eigenvalue weighted by molar-refractivity contribution is -0.384. The van der Waals surface area contributed by atoms with Crippen molar-refractivity contribution < 1.29 is 9.85 Å². The Morgan fingerprint density at radius 1 is 1.04 bits per heavy atom. The molecule has 3 rings (SSSR count). The monoisotopic (exact) mass is 440 g/mol. The molecule has 1 heterocycles. The van der Waals surface area contributed by atoms with Crippen LogP contribution in [0.1, 0.15) is 0 Å². The van der Waals surface area contributed by atoms with Gasteiger partial charge in [-0.05, 0) is 30.5 Å². The van der Waals surface area contributed by atoms with E-state index in [9.17, 15) is 20.2 Å². The van der Waals surface area contributed by atoms with Gasteiger partial charge in [0.25, 0.3) is 11.4 Å². The second-order valence-electron chi connectivity index (χ2n) is 5.27. The molecule has 0 spiro atoms. The van der Waals surface area contributed by atoms with Gasteiger partial charge < -0.3 is 5.32 Å². The molecule has 0 fully saturated rings. The zero-order chi connectivity index (χ0) is 20.4. The summed E-state index contributed by atoms with van der Waals surface area (Å²) in [5.41, 5.74) is -0.381. The average molecular weight is 441 g/mol. The van der Waals surface area contributed by atoms with Crippen molar-refractivity contribution in [1.29, 1.82) is 0 Å². The Morgan fingerprint density at radius 2 is 1.68 bits per heavy atom. The molecular weight excluding hydrogens is 431 g/mol. The first-order chi connectivity index (χ1) is 13.3. The van der Waals surface area contributed by atoms with Crippen molar-refractivity contribution in [3.05, 3.63) is 66.7 Å². The zero-order valence-electron chi connectivity index (χ0n) is 14.0. The minimum Gasteiger partial charge on any atom is -0.318 e. The number of aromatic nitrogens is 3. The number of halogens is 2. The van der Waals surface area contributed by atoms with Gasteiger partial charge in [0, 0.05) is 22.2 Å². The van der Waals surface area contributed by atoms with Crippen molar-refractivity contribution >= 4 is 58.0 Å². The van der Waals surface area contributed by atoms with Crippen LogP contribution in [0.2, 0.25) is 10.0 Å². The molecule has 10 nitrogen and oxygen atoms in total. The number of hydrogen-bond acceptors (Lipinski definition) is 8. The van der Waals surface area contributed by atoms with Crippen LogP contribution in [0.3, 0.4) is 0 Å². The maximum atomic E-state index is 11.4. The van der Waals surface area contributed by atoms with Crippen LogP contribution < -0.4 is 5.32 Å². The number of nitrogens with one attached hydrogen (secondary N) is 1. The first kappa shape index (κ1) is 19.9. The Balaban J connectivity index is 2.16. The Morgan fingerprint density at radius 3 is 2.32 bits per heavy atom. The lowest BCUT2D eigenvalue weighted by Gasteiger charge is -2.09. The Hall–Kier alpha value is -2.89. The minimum absolute atomic E-state index is 0.0418. The van der Waals surface area contributed by atoms with Gasteiger partial charge in [-0.15, -0.1) is 5.10 Å². The average Bonchev–Trinajstić information content (AvgIpc) is 3.04. The smallest absolute Gasteiger partial charge is 0.296 e. The molecule has 1 aromatic heterocycles. The number of benzene rings is 2. The second kappa shape index (κ2) is 8.00. The summed E-state index contributed by atoms with van der Waals surface area (Å²) in [5, 5.41) is 30.5. The maximum absolute atomic E-state index is 11.4. The van der Waals surface area contributed by atoms with Crippen LogP contribution >= 0.6 is 35.0 Å². The van der Waals surface area contributed by atoms with E-state index in [2.05, 4.69) is 15.4 Å². The van der Waals surface area contributed by atoms with E-state index in [1.165, 1.54) is 52.8 Å². The summed E-state index contributed by atoms with van der Waals surface area (Å²) >= 11 is 13.0. The van der Waals surface area contributed by atoms with E-state index in [1.807, 2.05) is 0 Å². The fourth-order valence-electron chi connectivity index (χ4n) is 2.34.